The Labute approximate surface area is 169 Å². The van der Waals surface area contributed by atoms with Crippen LogP contribution >= 0.6 is 0 Å². The maximum atomic E-state index is 12.7. The van der Waals surface area contributed by atoms with Crippen molar-refractivity contribution in [3.8, 4) is 0 Å². The molecule has 1 aliphatic rings. The van der Waals surface area contributed by atoms with Gasteiger partial charge in [0, 0.05) is 32.7 Å². The topological polar surface area (TPSA) is 106 Å². The molecule has 156 valence electrons. The van der Waals surface area contributed by atoms with Crippen molar-refractivity contribution in [3.05, 3.63) is 34.6 Å². The van der Waals surface area contributed by atoms with E-state index in [1.54, 1.807) is 18.5 Å². The lowest BCUT2D eigenvalue weighted by Crippen LogP contribution is -2.49. The number of carbonyl (C=O) groups excluding carboxylic acids is 2. The van der Waals surface area contributed by atoms with Gasteiger partial charge in [-0.25, -0.2) is 9.78 Å². The molecule has 3 rings (SSSR count). The van der Waals surface area contributed by atoms with E-state index in [1.165, 1.54) is 0 Å². The zero-order chi connectivity index (χ0) is 20.8. The largest absolute Gasteiger partial charge is 0.466 e. The summed E-state index contributed by atoms with van der Waals surface area (Å²) in [5, 5.41) is 5.59. The van der Waals surface area contributed by atoms with Gasteiger partial charge in [0.15, 0.2) is 5.82 Å². The molecule has 9 heteroatoms. The van der Waals surface area contributed by atoms with Gasteiger partial charge >= 0.3 is 12.0 Å². The first-order valence-electron chi connectivity index (χ1n) is 9.90. The van der Waals surface area contributed by atoms with E-state index < -0.39 is 0 Å². The number of urea groups is 1. The first-order chi connectivity index (χ1) is 14.0. The van der Waals surface area contributed by atoms with E-state index in [4.69, 9.17) is 4.74 Å². The van der Waals surface area contributed by atoms with Crippen molar-refractivity contribution in [1.29, 1.82) is 0 Å². The number of amides is 2. The number of fused-ring (bicyclic) bond motifs is 1. The van der Waals surface area contributed by atoms with Crippen molar-refractivity contribution in [2.75, 3.05) is 31.1 Å². The third-order valence-corrected chi connectivity index (χ3v) is 5.02. The number of carbonyl (C=O) groups is 2. The van der Waals surface area contributed by atoms with Crippen LogP contribution in [-0.2, 0) is 16.6 Å². The normalized spacial score (nSPS) is 14.6. The van der Waals surface area contributed by atoms with Gasteiger partial charge < -0.3 is 24.8 Å². The van der Waals surface area contributed by atoms with E-state index in [0.717, 1.165) is 11.0 Å². The van der Waals surface area contributed by atoms with Crippen LogP contribution in [0.5, 0.6) is 0 Å². The van der Waals surface area contributed by atoms with E-state index in [2.05, 4.69) is 15.6 Å². The summed E-state index contributed by atoms with van der Waals surface area (Å²) in [6, 6.07) is 7.28. The van der Waals surface area contributed by atoms with Crippen molar-refractivity contribution in [3.63, 3.8) is 0 Å². The third-order valence-electron chi connectivity index (χ3n) is 5.02. The van der Waals surface area contributed by atoms with Crippen LogP contribution in [0.1, 0.15) is 26.2 Å². The Bertz CT molecular complexity index is 934. The number of hydrogen-bond acceptors (Lipinski definition) is 6. The molecule has 29 heavy (non-hydrogen) atoms. The second kappa shape index (κ2) is 9.40. The summed E-state index contributed by atoms with van der Waals surface area (Å²) in [6.45, 7) is 3.58. The third kappa shape index (κ3) is 5.04. The predicted octanol–water partition coefficient (Wildman–Crippen LogP) is 1.15. The van der Waals surface area contributed by atoms with Gasteiger partial charge in [-0.2, -0.15) is 0 Å². The van der Waals surface area contributed by atoms with Crippen LogP contribution in [0.2, 0.25) is 0 Å². The Hall–Kier alpha value is -3.10. The number of rotatable bonds is 6. The zero-order valence-electron chi connectivity index (χ0n) is 16.8. The number of nitrogens with one attached hydrogen (secondary N) is 2. The molecule has 1 aromatic heterocycles. The Morgan fingerprint density at radius 1 is 1.24 bits per heavy atom. The minimum atomic E-state index is -0.328. The summed E-state index contributed by atoms with van der Waals surface area (Å²) in [5.74, 6) is 0.120. The molecule has 0 bridgehead atoms. The van der Waals surface area contributed by atoms with E-state index in [0.29, 0.717) is 38.4 Å². The summed E-state index contributed by atoms with van der Waals surface area (Å²) in [5.41, 5.74) is 1.47. The van der Waals surface area contributed by atoms with Crippen molar-refractivity contribution in [2.45, 2.75) is 32.2 Å². The predicted molar refractivity (Wildman–Crippen MR) is 110 cm³/mol. The van der Waals surface area contributed by atoms with Crippen molar-refractivity contribution >= 4 is 28.9 Å². The monoisotopic (exact) mass is 401 g/mol. The number of benzene rings is 1. The van der Waals surface area contributed by atoms with E-state index in [9.17, 15) is 14.4 Å². The Morgan fingerprint density at radius 3 is 2.69 bits per heavy atom. The molecular formula is C20H27N5O4. The summed E-state index contributed by atoms with van der Waals surface area (Å²) < 4.78 is 6.45. The smallest absolute Gasteiger partial charge is 0.315 e. The average Bonchev–Trinajstić information content (AvgIpc) is 2.71. The highest BCUT2D eigenvalue weighted by Gasteiger charge is 2.24. The fourth-order valence-electron chi connectivity index (χ4n) is 3.45. The lowest BCUT2D eigenvalue weighted by Gasteiger charge is -2.33. The highest BCUT2D eigenvalue weighted by atomic mass is 16.5. The molecule has 2 aromatic rings. The van der Waals surface area contributed by atoms with Crippen molar-refractivity contribution < 1.29 is 14.3 Å². The molecule has 1 aliphatic heterocycles. The molecule has 0 spiro atoms. The van der Waals surface area contributed by atoms with Gasteiger partial charge in [-0.1, -0.05) is 12.1 Å². The number of aryl methyl sites for hydroxylation is 1. The molecule has 0 saturated carbocycles. The van der Waals surface area contributed by atoms with Gasteiger partial charge in [0.25, 0.3) is 5.56 Å². The van der Waals surface area contributed by atoms with Crippen LogP contribution in [0.15, 0.2) is 29.1 Å². The molecule has 1 fully saturated rings. The number of aromatic nitrogens is 2. The molecule has 2 N–H and O–H groups in total. The number of hydrogen-bond donors (Lipinski definition) is 2. The van der Waals surface area contributed by atoms with Crippen molar-refractivity contribution in [1.82, 2.24) is 20.2 Å². The minimum Gasteiger partial charge on any atom is -0.466 e. The fourth-order valence-corrected chi connectivity index (χ4v) is 3.45. The lowest BCUT2D eigenvalue weighted by atomic mass is 10.1. The quantitative estimate of drug-likeness (QED) is 0.704. The first-order valence-corrected chi connectivity index (χ1v) is 9.90. The molecule has 2 heterocycles. The molecule has 0 aliphatic carbocycles. The maximum absolute atomic E-state index is 12.7. The van der Waals surface area contributed by atoms with Gasteiger partial charge in [0.1, 0.15) is 0 Å². The number of ether oxygens (including phenoxy) is 1. The molecule has 1 saturated heterocycles. The van der Waals surface area contributed by atoms with Crippen molar-refractivity contribution in [2.24, 2.45) is 7.05 Å². The second-order valence-corrected chi connectivity index (χ2v) is 7.00. The van der Waals surface area contributed by atoms with Gasteiger partial charge in [-0.3, -0.25) is 9.59 Å². The average molecular weight is 401 g/mol. The summed E-state index contributed by atoms with van der Waals surface area (Å²) in [7, 11) is 1.75. The van der Waals surface area contributed by atoms with Gasteiger partial charge in [0.05, 0.1) is 24.1 Å². The van der Waals surface area contributed by atoms with Crippen LogP contribution in [0, 0.1) is 0 Å². The van der Waals surface area contributed by atoms with Crippen LogP contribution < -0.4 is 21.1 Å². The molecule has 2 amide bonds. The van der Waals surface area contributed by atoms with Gasteiger partial charge in [0.2, 0.25) is 0 Å². The SMILES string of the molecule is CCOC(=O)CCNC(=O)NC1CCN(c2nc3ccccc3n(C)c2=O)CC1. The maximum Gasteiger partial charge on any atom is 0.315 e. The molecular weight excluding hydrogens is 374 g/mol. The zero-order valence-corrected chi connectivity index (χ0v) is 16.8. The highest BCUT2D eigenvalue weighted by molar-refractivity contribution is 5.77. The number of nitrogens with zero attached hydrogens (tertiary/aromatic N) is 3. The number of esters is 1. The van der Waals surface area contributed by atoms with E-state index in [1.807, 2.05) is 29.2 Å². The van der Waals surface area contributed by atoms with E-state index >= 15 is 0 Å². The number of piperidine rings is 1. The molecule has 0 unspecified atom stereocenters. The van der Waals surface area contributed by atoms with Crippen LogP contribution in [0.25, 0.3) is 11.0 Å². The Balaban J connectivity index is 1.53. The van der Waals surface area contributed by atoms with E-state index in [-0.39, 0.29) is 36.6 Å². The minimum absolute atomic E-state index is 0.0122. The Kier molecular flexibility index (Phi) is 6.69. The van der Waals surface area contributed by atoms with Crippen LogP contribution in [-0.4, -0.2) is 53.8 Å². The lowest BCUT2D eigenvalue weighted by molar-refractivity contribution is -0.142. The van der Waals surface area contributed by atoms with Crippen LogP contribution in [0.3, 0.4) is 0 Å². The fraction of sp³-hybridized carbons (Fsp3) is 0.500. The summed E-state index contributed by atoms with van der Waals surface area (Å²) >= 11 is 0. The molecule has 0 radical (unpaired) electrons. The Morgan fingerprint density at radius 2 is 1.97 bits per heavy atom. The summed E-state index contributed by atoms with van der Waals surface area (Å²) in [6.07, 6.45) is 1.57. The second-order valence-electron chi connectivity index (χ2n) is 7.00. The van der Waals surface area contributed by atoms with Gasteiger partial charge in [-0.15, -0.1) is 0 Å². The molecule has 1 aromatic carbocycles. The molecule has 0 atom stereocenters. The first kappa shape index (κ1) is 20.6. The van der Waals surface area contributed by atoms with Crippen LogP contribution in [0.4, 0.5) is 10.6 Å². The summed E-state index contributed by atoms with van der Waals surface area (Å²) in [4.78, 5) is 42.5. The number of anilines is 1. The number of para-hydroxylation sites is 2. The molecule has 9 nitrogen and oxygen atoms in total. The highest BCUT2D eigenvalue weighted by Crippen LogP contribution is 2.18. The van der Waals surface area contributed by atoms with Gasteiger partial charge in [-0.05, 0) is 31.9 Å². The standard InChI is InChI=1S/C20H27N5O4/c1-3-29-17(26)8-11-21-20(28)22-14-9-12-25(13-10-14)18-19(27)24(2)16-7-5-4-6-15(16)23-18/h4-7,14H,3,8-13H2,1-2H3,(H2,21,22,28).